The van der Waals surface area contributed by atoms with E-state index in [0.717, 1.165) is 16.1 Å². The van der Waals surface area contributed by atoms with Crippen molar-refractivity contribution in [1.29, 1.82) is 0 Å². The van der Waals surface area contributed by atoms with Crippen LogP contribution < -0.4 is 5.73 Å². The molecule has 7 nitrogen and oxygen atoms in total. The van der Waals surface area contributed by atoms with E-state index in [9.17, 15) is 4.79 Å². The molecule has 1 unspecified atom stereocenters. The number of aliphatic imine (C=N–C) groups is 1. The molecule has 1 aromatic heterocycles. The molecule has 1 atom stereocenters. The monoisotopic (exact) mass is 463 g/mol. The number of benzene rings is 1. The predicted molar refractivity (Wildman–Crippen MR) is 116 cm³/mol. The Morgan fingerprint density at radius 2 is 2.04 bits per heavy atom. The van der Waals surface area contributed by atoms with Crippen LogP contribution in [0.1, 0.15) is 11.1 Å². The summed E-state index contributed by atoms with van der Waals surface area (Å²) in [7, 11) is 0.491. The Morgan fingerprint density at radius 1 is 1.29 bits per heavy atom. The first-order valence-electron chi connectivity index (χ1n) is 9.14. The number of aromatic nitrogens is 2. The second-order valence-corrected chi connectivity index (χ2v) is 14.7. The van der Waals surface area contributed by atoms with Crippen molar-refractivity contribution in [2.24, 2.45) is 10.7 Å². The van der Waals surface area contributed by atoms with Crippen molar-refractivity contribution in [2.45, 2.75) is 38.0 Å². The van der Waals surface area contributed by atoms with E-state index in [-0.39, 0.29) is 11.9 Å². The zero-order valence-corrected chi connectivity index (χ0v) is 19.2. The number of nitrogens with zero attached hydrogens (tertiary/aromatic N) is 4. The molecule has 9 heteroatoms. The number of ether oxygens (including phenoxy) is 1. The number of hydrogen-bond donors (Lipinski definition) is 1. The van der Waals surface area contributed by atoms with Crippen molar-refractivity contribution < 1.29 is 9.53 Å². The van der Waals surface area contributed by atoms with Crippen LogP contribution >= 0.6 is 15.9 Å². The second kappa shape index (κ2) is 7.80. The van der Waals surface area contributed by atoms with Gasteiger partial charge in [-0.15, -0.1) is 0 Å². The van der Waals surface area contributed by atoms with Gasteiger partial charge in [-0.1, -0.05) is 47.7 Å². The quantitative estimate of drug-likeness (QED) is 0.504. The summed E-state index contributed by atoms with van der Waals surface area (Å²) in [6.45, 7) is 7.98. The minimum Gasteiger partial charge on any atom is -0.369 e. The van der Waals surface area contributed by atoms with Gasteiger partial charge in [0.1, 0.15) is 6.73 Å². The summed E-state index contributed by atoms with van der Waals surface area (Å²) in [5, 5.41) is 4.38. The van der Waals surface area contributed by atoms with Crippen LogP contribution in [0.5, 0.6) is 0 Å². The average Bonchev–Trinajstić information content (AvgIpc) is 3.18. The van der Waals surface area contributed by atoms with Crippen molar-refractivity contribution in [2.75, 3.05) is 13.7 Å². The molecule has 1 amide bonds. The number of halogens is 1. The van der Waals surface area contributed by atoms with Gasteiger partial charge < -0.3 is 10.5 Å². The summed E-state index contributed by atoms with van der Waals surface area (Å²) < 4.78 is 8.32. The lowest BCUT2D eigenvalue weighted by molar-refractivity contribution is -0.129. The lowest BCUT2D eigenvalue weighted by Crippen LogP contribution is -2.41. The third kappa shape index (κ3) is 4.06. The van der Waals surface area contributed by atoms with Gasteiger partial charge in [0.25, 0.3) is 5.91 Å². The Kier molecular flexibility index (Phi) is 5.78. The van der Waals surface area contributed by atoms with Crippen molar-refractivity contribution in [3.63, 3.8) is 0 Å². The SMILES string of the molecule is CN1C(=O)C(c2cccc(Br)c2)(c2cnn(COCC[Si](C)(C)C)c2)N=C1N. The van der Waals surface area contributed by atoms with Gasteiger partial charge >= 0.3 is 0 Å². The number of carbonyl (C=O) groups excluding carboxylic acids is 1. The Morgan fingerprint density at radius 3 is 2.64 bits per heavy atom. The molecule has 0 spiro atoms. The summed E-state index contributed by atoms with van der Waals surface area (Å²) in [6.07, 6.45) is 3.47. The maximum Gasteiger partial charge on any atom is 0.266 e. The smallest absolute Gasteiger partial charge is 0.266 e. The number of likely N-dealkylation sites (N-methyl/N-ethyl adjacent to an activating group) is 1. The highest BCUT2D eigenvalue weighted by Crippen LogP contribution is 2.39. The lowest BCUT2D eigenvalue weighted by Gasteiger charge is -2.24. The average molecular weight is 464 g/mol. The Bertz CT molecular complexity index is 908. The molecule has 150 valence electrons. The van der Waals surface area contributed by atoms with Crippen LogP contribution in [0.15, 0.2) is 46.1 Å². The summed E-state index contributed by atoms with van der Waals surface area (Å²) in [4.78, 5) is 19.1. The van der Waals surface area contributed by atoms with E-state index in [2.05, 4.69) is 45.7 Å². The predicted octanol–water partition coefficient (Wildman–Crippen LogP) is 2.99. The van der Waals surface area contributed by atoms with E-state index in [1.165, 1.54) is 4.90 Å². The molecule has 0 saturated carbocycles. The third-order valence-electron chi connectivity index (χ3n) is 4.75. The molecule has 2 aromatic rings. The molecular weight excluding hydrogens is 438 g/mol. The van der Waals surface area contributed by atoms with Crippen LogP contribution in [0.4, 0.5) is 0 Å². The normalized spacial score (nSPS) is 20.0. The summed E-state index contributed by atoms with van der Waals surface area (Å²) in [5.74, 6) is -0.0218. The highest BCUT2D eigenvalue weighted by Gasteiger charge is 2.50. The highest BCUT2D eigenvalue weighted by molar-refractivity contribution is 9.10. The number of carbonyl (C=O) groups is 1. The van der Waals surface area contributed by atoms with Gasteiger partial charge in [0.05, 0.1) is 6.20 Å². The first-order chi connectivity index (χ1) is 13.1. The molecule has 2 heterocycles. The number of rotatable bonds is 7. The standard InChI is InChI=1S/C19H26BrN5O2Si/c1-24-17(26)19(23-18(24)21,14-6-5-7-16(20)10-14)15-11-22-25(12-15)13-27-8-9-28(2,3)4/h5-7,10-12H,8-9,13H2,1-4H3,(H2,21,23). The number of hydrogen-bond acceptors (Lipinski definition) is 5. The van der Waals surface area contributed by atoms with E-state index in [1.54, 1.807) is 17.9 Å². The van der Waals surface area contributed by atoms with E-state index in [4.69, 9.17) is 10.5 Å². The van der Waals surface area contributed by atoms with Crippen LogP contribution in [0.3, 0.4) is 0 Å². The molecule has 0 bridgehead atoms. The number of amides is 1. The molecule has 0 fully saturated rings. The first-order valence-corrected chi connectivity index (χ1v) is 13.6. The van der Waals surface area contributed by atoms with Crippen molar-refractivity contribution >= 4 is 35.9 Å². The van der Waals surface area contributed by atoms with Gasteiger partial charge in [0.15, 0.2) is 11.5 Å². The minimum absolute atomic E-state index is 0.184. The summed E-state index contributed by atoms with van der Waals surface area (Å²) in [6, 6.07) is 8.63. The van der Waals surface area contributed by atoms with E-state index >= 15 is 0 Å². The van der Waals surface area contributed by atoms with Crippen LogP contribution in [-0.4, -0.2) is 48.3 Å². The Labute approximate surface area is 174 Å². The molecule has 0 radical (unpaired) electrons. The van der Waals surface area contributed by atoms with Gasteiger partial charge in [0, 0.05) is 38.0 Å². The number of guanidine groups is 1. The Hall–Kier alpha value is -1.97. The molecule has 0 aliphatic carbocycles. The van der Waals surface area contributed by atoms with Gasteiger partial charge in [-0.3, -0.25) is 9.69 Å². The van der Waals surface area contributed by atoms with E-state index < -0.39 is 13.6 Å². The van der Waals surface area contributed by atoms with Gasteiger partial charge in [-0.05, 0) is 23.7 Å². The molecular formula is C19H26BrN5O2Si. The van der Waals surface area contributed by atoms with E-state index in [0.29, 0.717) is 18.9 Å². The summed E-state index contributed by atoms with van der Waals surface area (Å²) >= 11 is 3.48. The van der Waals surface area contributed by atoms with Crippen LogP contribution in [-0.2, 0) is 21.8 Å². The maximum atomic E-state index is 13.2. The fourth-order valence-electron chi connectivity index (χ4n) is 3.06. The van der Waals surface area contributed by atoms with Crippen LogP contribution in [0, 0.1) is 0 Å². The van der Waals surface area contributed by atoms with Gasteiger partial charge in [-0.2, -0.15) is 5.10 Å². The summed E-state index contributed by atoms with van der Waals surface area (Å²) in [5.41, 5.74) is 6.16. The van der Waals surface area contributed by atoms with Crippen molar-refractivity contribution in [3.05, 3.63) is 52.3 Å². The zero-order valence-electron chi connectivity index (χ0n) is 16.6. The lowest BCUT2D eigenvalue weighted by atomic mass is 9.84. The van der Waals surface area contributed by atoms with Crippen molar-refractivity contribution in [3.8, 4) is 0 Å². The highest BCUT2D eigenvalue weighted by atomic mass is 79.9. The molecule has 1 aromatic carbocycles. The molecule has 2 N–H and O–H groups in total. The second-order valence-electron chi connectivity index (χ2n) is 8.17. The number of nitrogens with two attached hydrogens (primary N) is 1. The maximum absolute atomic E-state index is 13.2. The van der Waals surface area contributed by atoms with Crippen LogP contribution in [0.2, 0.25) is 25.7 Å². The first kappa shape index (κ1) is 20.8. The Balaban J connectivity index is 1.89. The zero-order chi connectivity index (χ0) is 20.5. The molecule has 1 aliphatic heterocycles. The van der Waals surface area contributed by atoms with Gasteiger partial charge in [-0.25, -0.2) is 9.67 Å². The molecule has 28 heavy (non-hydrogen) atoms. The topological polar surface area (TPSA) is 85.7 Å². The van der Waals surface area contributed by atoms with Crippen LogP contribution in [0.25, 0.3) is 0 Å². The molecule has 1 aliphatic rings. The molecule has 0 saturated heterocycles. The van der Waals surface area contributed by atoms with E-state index in [1.807, 2.05) is 30.5 Å². The fraction of sp³-hybridized carbons (Fsp3) is 0.421. The van der Waals surface area contributed by atoms with Gasteiger partial charge in [0.2, 0.25) is 0 Å². The third-order valence-corrected chi connectivity index (χ3v) is 6.95. The molecule has 3 rings (SSSR count). The minimum atomic E-state index is -1.24. The van der Waals surface area contributed by atoms with Crippen molar-refractivity contribution in [1.82, 2.24) is 14.7 Å². The fourth-order valence-corrected chi connectivity index (χ4v) is 4.21. The largest absolute Gasteiger partial charge is 0.369 e.